The summed E-state index contributed by atoms with van der Waals surface area (Å²) < 4.78 is 29.5. The second-order valence-electron chi connectivity index (χ2n) is 8.09. The molecule has 0 aliphatic carbocycles. The van der Waals surface area contributed by atoms with E-state index in [1.54, 1.807) is 12.1 Å². The Hall–Kier alpha value is -4.58. The summed E-state index contributed by atoms with van der Waals surface area (Å²) >= 11 is 0. The number of benzene rings is 2. The summed E-state index contributed by atoms with van der Waals surface area (Å²) in [5.74, 6) is -2.50. The molecular formula is C25H23FN4O7. The third-order valence-electron chi connectivity index (χ3n) is 5.67. The second-order valence-corrected chi connectivity index (χ2v) is 8.09. The maximum atomic E-state index is 13.5. The van der Waals surface area contributed by atoms with Crippen LogP contribution in [0.25, 0.3) is 11.1 Å². The minimum atomic E-state index is -0.983. The molecule has 0 bridgehead atoms. The van der Waals surface area contributed by atoms with Gasteiger partial charge in [-0.1, -0.05) is 12.1 Å². The molecule has 0 radical (unpaired) electrons. The highest BCUT2D eigenvalue weighted by molar-refractivity contribution is 6.05. The number of nitrogens with one attached hydrogen (secondary N) is 2. The summed E-state index contributed by atoms with van der Waals surface area (Å²) in [6.07, 6.45) is -0.300. The minimum absolute atomic E-state index is 0.0295. The zero-order chi connectivity index (χ0) is 26.7. The number of rotatable bonds is 8. The third-order valence-corrected chi connectivity index (χ3v) is 5.67. The molecule has 12 heteroatoms. The lowest BCUT2D eigenvalue weighted by molar-refractivity contribution is -0.123. The zero-order valence-electron chi connectivity index (χ0n) is 20.2. The normalized spacial score (nSPS) is 14.1. The number of halogens is 1. The number of hydrogen-bond acceptors (Lipinski definition) is 8. The van der Waals surface area contributed by atoms with Crippen LogP contribution in [0.4, 0.5) is 15.9 Å². The summed E-state index contributed by atoms with van der Waals surface area (Å²) in [5.41, 5.74) is 1.88. The highest BCUT2D eigenvalue weighted by Crippen LogP contribution is 2.39. The number of carbonyl (C=O) groups is 4. The van der Waals surface area contributed by atoms with Crippen molar-refractivity contribution in [1.29, 1.82) is 0 Å². The van der Waals surface area contributed by atoms with Gasteiger partial charge in [-0.15, -0.1) is 0 Å². The molecule has 0 saturated heterocycles. The number of carbonyl (C=O) groups excluding carboxylic acids is 4. The van der Waals surface area contributed by atoms with Crippen LogP contribution in [0.3, 0.4) is 0 Å². The van der Waals surface area contributed by atoms with Gasteiger partial charge >= 0.3 is 11.9 Å². The van der Waals surface area contributed by atoms with Gasteiger partial charge in [-0.05, 0) is 35.9 Å². The van der Waals surface area contributed by atoms with Crippen molar-refractivity contribution >= 4 is 35.3 Å². The lowest BCUT2D eigenvalue weighted by Gasteiger charge is -2.12. The van der Waals surface area contributed by atoms with Crippen molar-refractivity contribution in [3.05, 3.63) is 65.1 Å². The molecule has 2 amide bonds. The van der Waals surface area contributed by atoms with Crippen molar-refractivity contribution in [3.63, 3.8) is 0 Å². The van der Waals surface area contributed by atoms with E-state index in [2.05, 4.69) is 15.7 Å². The SMILES string of the molecule is COCc1nn2c(c1-c1ccc(F)cc1)NC(=O)C2CC(=O)Nc1cc(C(=O)OC)cc(C(=O)OC)c1. The smallest absolute Gasteiger partial charge is 0.337 e. The maximum Gasteiger partial charge on any atom is 0.337 e. The van der Waals surface area contributed by atoms with Crippen molar-refractivity contribution in [2.45, 2.75) is 19.1 Å². The number of hydrogen-bond donors (Lipinski definition) is 2. The average Bonchev–Trinajstić information content (AvgIpc) is 3.38. The van der Waals surface area contributed by atoms with Gasteiger partial charge in [-0.2, -0.15) is 5.10 Å². The van der Waals surface area contributed by atoms with Gasteiger partial charge in [0, 0.05) is 18.4 Å². The molecule has 1 aromatic heterocycles. The lowest BCUT2D eigenvalue weighted by atomic mass is 10.1. The molecule has 192 valence electrons. The molecule has 1 unspecified atom stereocenters. The first-order chi connectivity index (χ1) is 17.7. The van der Waals surface area contributed by atoms with Gasteiger partial charge in [0.05, 0.1) is 44.1 Å². The van der Waals surface area contributed by atoms with Crippen LogP contribution in [0, 0.1) is 5.82 Å². The first-order valence-electron chi connectivity index (χ1n) is 11.0. The van der Waals surface area contributed by atoms with E-state index in [4.69, 9.17) is 14.2 Å². The minimum Gasteiger partial charge on any atom is -0.465 e. The number of nitrogens with zero attached hydrogens (tertiary/aromatic N) is 2. The summed E-state index contributed by atoms with van der Waals surface area (Å²) in [7, 11) is 3.86. The highest BCUT2D eigenvalue weighted by atomic mass is 19.1. The molecule has 1 aliphatic heterocycles. The Balaban J connectivity index is 1.61. The summed E-state index contributed by atoms with van der Waals surface area (Å²) in [5, 5.41) is 9.83. The quantitative estimate of drug-likeness (QED) is 0.441. The van der Waals surface area contributed by atoms with Gasteiger partial charge in [-0.3, -0.25) is 9.59 Å². The van der Waals surface area contributed by atoms with Crippen LogP contribution in [0.2, 0.25) is 0 Å². The van der Waals surface area contributed by atoms with Gasteiger partial charge < -0.3 is 24.8 Å². The second kappa shape index (κ2) is 10.6. The van der Waals surface area contributed by atoms with Crippen molar-refractivity contribution in [1.82, 2.24) is 9.78 Å². The Morgan fingerprint density at radius 2 is 1.65 bits per heavy atom. The highest BCUT2D eigenvalue weighted by Gasteiger charge is 2.37. The van der Waals surface area contributed by atoms with E-state index in [-0.39, 0.29) is 29.8 Å². The predicted octanol–water partition coefficient (Wildman–Crippen LogP) is 2.93. The summed E-state index contributed by atoms with van der Waals surface area (Å²) in [6, 6.07) is 8.69. The van der Waals surface area contributed by atoms with Crippen molar-refractivity contribution < 1.29 is 37.8 Å². The van der Waals surface area contributed by atoms with Gasteiger partial charge in [0.2, 0.25) is 5.91 Å². The van der Waals surface area contributed by atoms with Gasteiger partial charge in [-0.25, -0.2) is 18.7 Å². The monoisotopic (exact) mass is 510 g/mol. The zero-order valence-corrected chi connectivity index (χ0v) is 20.2. The largest absolute Gasteiger partial charge is 0.465 e. The fraction of sp³-hybridized carbons (Fsp3) is 0.240. The van der Waals surface area contributed by atoms with Gasteiger partial charge in [0.25, 0.3) is 5.91 Å². The summed E-state index contributed by atoms with van der Waals surface area (Å²) in [6.45, 7) is 0.123. The van der Waals surface area contributed by atoms with Crippen molar-refractivity contribution in [2.75, 3.05) is 32.0 Å². The molecule has 1 aliphatic rings. The Morgan fingerprint density at radius 3 is 2.22 bits per heavy atom. The molecular weight excluding hydrogens is 487 g/mol. The van der Waals surface area contributed by atoms with Crippen LogP contribution < -0.4 is 10.6 Å². The molecule has 11 nitrogen and oxygen atoms in total. The number of amides is 2. The van der Waals surface area contributed by atoms with E-state index in [0.29, 0.717) is 22.6 Å². The number of ether oxygens (including phenoxy) is 3. The van der Waals surface area contributed by atoms with Crippen LogP contribution in [0.15, 0.2) is 42.5 Å². The fourth-order valence-electron chi connectivity index (χ4n) is 4.03. The maximum absolute atomic E-state index is 13.5. The van der Waals surface area contributed by atoms with Gasteiger partial charge in [0.15, 0.2) is 0 Å². The standard InChI is InChI=1S/C25H23FN4O7/c1-35-12-18-21(13-4-6-16(26)7-5-13)22-28-23(32)19(30(22)29-18)11-20(31)27-17-9-14(24(33)36-2)8-15(10-17)25(34)37-3/h4-10,19H,11-12H2,1-3H3,(H,27,31)(H,28,32). The van der Waals surface area contributed by atoms with E-state index in [9.17, 15) is 23.6 Å². The van der Waals surface area contributed by atoms with Crippen LogP contribution in [0.5, 0.6) is 0 Å². The molecule has 1 atom stereocenters. The molecule has 2 heterocycles. The molecule has 2 aromatic carbocycles. The summed E-state index contributed by atoms with van der Waals surface area (Å²) in [4.78, 5) is 49.7. The number of methoxy groups -OCH3 is 3. The van der Waals surface area contributed by atoms with E-state index >= 15 is 0 Å². The lowest BCUT2D eigenvalue weighted by Crippen LogP contribution is -2.24. The van der Waals surface area contributed by atoms with Crippen molar-refractivity contribution in [3.8, 4) is 11.1 Å². The molecule has 0 fully saturated rings. The predicted molar refractivity (Wildman–Crippen MR) is 128 cm³/mol. The van der Waals surface area contributed by atoms with Crippen LogP contribution >= 0.6 is 0 Å². The molecule has 0 spiro atoms. The Morgan fingerprint density at radius 1 is 1.03 bits per heavy atom. The first kappa shape index (κ1) is 25.5. The van der Waals surface area contributed by atoms with Crippen LogP contribution in [0.1, 0.15) is 38.9 Å². The Bertz CT molecular complexity index is 1350. The topological polar surface area (TPSA) is 138 Å². The van der Waals surface area contributed by atoms with E-state index in [1.807, 2.05) is 0 Å². The third kappa shape index (κ3) is 5.19. The number of fused-ring (bicyclic) bond motifs is 1. The molecule has 3 aromatic rings. The molecule has 2 N–H and O–H groups in total. The number of anilines is 2. The fourth-order valence-corrected chi connectivity index (χ4v) is 4.03. The Labute approximate surface area is 210 Å². The van der Waals surface area contributed by atoms with E-state index < -0.39 is 35.6 Å². The van der Waals surface area contributed by atoms with E-state index in [1.165, 1.54) is 56.3 Å². The van der Waals surface area contributed by atoms with Gasteiger partial charge in [0.1, 0.15) is 17.7 Å². The molecule has 0 saturated carbocycles. The Kier molecular flexibility index (Phi) is 7.30. The van der Waals surface area contributed by atoms with E-state index in [0.717, 1.165) is 0 Å². The number of esters is 2. The first-order valence-corrected chi connectivity index (χ1v) is 11.0. The van der Waals surface area contributed by atoms with Crippen LogP contribution in [-0.4, -0.2) is 54.9 Å². The van der Waals surface area contributed by atoms with Crippen LogP contribution in [-0.2, 0) is 30.4 Å². The van der Waals surface area contributed by atoms with Crippen molar-refractivity contribution in [2.24, 2.45) is 0 Å². The molecule has 4 rings (SSSR count). The average molecular weight is 510 g/mol. The number of aromatic nitrogens is 2. The molecule has 37 heavy (non-hydrogen) atoms.